The number of H-pyrrole nitrogens is 2. The molecule has 0 saturated heterocycles. The van der Waals surface area contributed by atoms with Crippen LogP contribution in [0.1, 0.15) is 22.8 Å². The third-order valence-corrected chi connectivity index (χ3v) is 5.36. The molecule has 0 bridgehead atoms. The van der Waals surface area contributed by atoms with Crippen LogP contribution in [0.4, 0.5) is 0 Å². The van der Waals surface area contributed by atoms with Crippen LogP contribution in [0.15, 0.2) is 47.8 Å². The van der Waals surface area contributed by atoms with Gasteiger partial charge in [-0.1, -0.05) is 36.9 Å². The summed E-state index contributed by atoms with van der Waals surface area (Å²) in [5, 5.41) is 1.72. The van der Waals surface area contributed by atoms with Crippen LogP contribution in [-0.4, -0.2) is 33.6 Å². The fraction of sp³-hybridized carbons (Fsp3) is 0.200. The van der Waals surface area contributed by atoms with Gasteiger partial charge in [0.1, 0.15) is 5.75 Å². The number of hydrogen-bond donors (Lipinski definition) is 2. The van der Waals surface area contributed by atoms with Crippen molar-refractivity contribution in [3.8, 4) is 5.75 Å². The molecular weight excluding hydrogens is 346 g/mol. The van der Waals surface area contributed by atoms with Gasteiger partial charge in [0.25, 0.3) is 0 Å². The van der Waals surface area contributed by atoms with Crippen LogP contribution in [0, 0.1) is 0 Å². The molecule has 0 spiro atoms. The molecule has 0 saturated carbocycles. The Bertz CT molecular complexity index is 1100. The third-order valence-electron chi connectivity index (χ3n) is 4.49. The highest BCUT2D eigenvalue weighted by molar-refractivity contribution is 7.99. The molecule has 0 aliphatic heterocycles. The van der Waals surface area contributed by atoms with E-state index in [9.17, 15) is 4.79 Å². The number of aryl methyl sites for hydroxylation is 1. The first-order chi connectivity index (χ1) is 12.7. The van der Waals surface area contributed by atoms with Crippen LogP contribution in [0.25, 0.3) is 21.9 Å². The SMILES string of the molecule is CCc1cccc2c(C(=O)CSc3nc4ccc(OC)cc4[nH]3)c[nH]c12. The largest absolute Gasteiger partial charge is 0.497 e. The summed E-state index contributed by atoms with van der Waals surface area (Å²) in [4.78, 5) is 23.7. The number of rotatable bonds is 6. The van der Waals surface area contributed by atoms with Crippen molar-refractivity contribution in [1.29, 1.82) is 0 Å². The monoisotopic (exact) mass is 365 g/mol. The van der Waals surface area contributed by atoms with Gasteiger partial charge in [0.05, 0.1) is 23.9 Å². The van der Waals surface area contributed by atoms with Crippen molar-refractivity contribution in [1.82, 2.24) is 15.0 Å². The van der Waals surface area contributed by atoms with Crippen LogP contribution in [0.5, 0.6) is 5.75 Å². The Kier molecular flexibility index (Phi) is 4.42. The van der Waals surface area contributed by atoms with Crippen LogP contribution in [0.2, 0.25) is 0 Å². The molecule has 6 heteroatoms. The molecular formula is C20H19N3O2S. The van der Waals surface area contributed by atoms with Gasteiger partial charge in [0, 0.05) is 28.7 Å². The van der Waals surface area contributed by atoms with E-state index in [1.54, 1.807) is 7.11 Å². The average molecular weight is 365 g/mol. The Morgan fingerprint density at radius 3 is 2.96 bits per heavy atom. The summed E-state index contributed by atoms with van der Waals surface area (Å²) in [6.07, 6.45) is 2.75. The topological polar surface area (TPSA) is 70.8 Å². The van der Waals surface area contributed by atoms with E-state index in [-0.39, 0.29) is 5.78 Å². The molecule has 132 valence electrons. The smallest absolute Gasteiger partial charge is 0.175 e. The Balaban J connectivity index is 1.54. The number of ketones is 1. The number of aromatic amines is 2. The van der Waals surface area contributed by atoms with E-state index in [4.69, 9.17) is 4.74 Å². The lowest BCUT2D eigenvalue weighted by molar-refractivity contribution is 0.102. The van der Waals surface area contributed by atoms with Crippen LogP contribution >= 0.6 is 11.8 Å². The zero-order valence-electron chi connectivity index (χ0n) is 14.6. The summed E-state index contributed by atoms with van der Waals surface area (Å²) in [6.45, 7) is 2.11. The molecule has 2 N–H and O–H groups in total. The van der Waals surface area contributed by atoms with Gasteiger partial charge >= 0.3 is 0 Å². The van der Waals surface area contributed by atoms with Crippen molar-refractivity contribution in [2.24, 2.45) is 0 Å². The first-order valence-corrected chi connectivity index (χ1v) is 9.47. The molecule has 0 aliphatic carbocycles. The minimum atomic E-state index is 0.0903. The van der Waals surface area contributed by atoms with Gasteiger partial charge < -0.3 is 14.7 Å². The van der Waals surface area contributed by atoms with Gasteiger partial charge in [-0.3, -0.25) is 4.79 Å². The molecule has 4 rings (SSSR count). The third kappa shape index (κ3) is 2.97. The Morgan fingerprint density at radius 1 is 1.27 bits per heavy atom. The van der Waals surface area contributed by atoms with Gasteiger partial charge in [-0.2, -0.15) is 0 Å². The molecule has 2 aromatic carbocycles. The summed E-state index contributed by atoms with van der Waals surface area (Å²) in [7, 11) is 1.64. The number of aromatic nitrogens is 3. The van der Waals surface area contributed by atoms with E-state index in [0.29, 0.717) is 5.75 Å². The van der Waals surface area contributed by atoms with E-state index in [1.165, 1.54) is 17.3 Å². The maximum absolute atomic E-state index is 12.7. The van der Waals surface area contributed by atoms with Crippen molar-refractivity contribution in [2.45, 2.75) is 18.5 Å². The van der Waals surface area contributed by atoms with E-state index in [0.717, 1.165) is 44.8 Å². The lowest BCUT2D eigenvalue weighted by Crippen LogP contribution is -2.01. The number of para-hydroxylation sites is 1. The number of carbonyl (C=O) groups is 1. The summed E-state index contributed by atoms with van der Waals surface area (Å²) in [5.41, 5.74) is 4.78. The molecule has 0 radical (unpaired) electrons. The Hall–Kier alpha value is -2.73. The van der Waals surface area contributed by atoms with Gasteiger partial charge in [-0.05, 0) is 24.1 Å². The minimum absolute atomic E-state index is 0.0903. The normalized spacial score (nSPS) is 11.3. The van der Waals surface area contributed by atoms with Gasteiger partial charge in [-0.15, -0.1) is 0 Å². The summed E-state index contributed by atoms with van der Waals surface area (Å²) in [5.74, 6) is 1.20. The number of carbonyl (C=O) groups excluding carboxylic acids is 1. The molecule has 4 aromatic rings. The van der Waals surface area contributed by atoms with Crippen LogP contribution in [-0.2, 0) is 6.42 Å². The van der Waals surface area contributed by atoms with Gasteiger partial charge in [0.2, 0.25) is 0 Å². The molecule has 0 aliphatic rings. The quantitative estimate of drug-likeness (QED) is 0.387. The number of benzene rings is 2. The van der Waals surface area contributed by atoms with E-state index >= 15 is 0 Å². The highest BCUT2D eigenvalue weighted by atomic mass is 32.2. The van der Waals surface area contributed by atoms with Crippen molar-refractivity contribution in [3.05, 3.63) is 53.7 Å². The second-order valence-electron chi connectivity index (χ2n) is 6.03. The zero-order chi connectivity index (χ0) is 18.1. The average Bonchev–Trinajstić information content (AvgIpc) is 3.28. The fourth-order valence-corrected chi connectivity index (χ4v) is 3.88. The number of nitrogens with one attached hydrogen (secondary N) is 2. The number of hydrogen-bond acceptors (Lipinski definition) is 4. The Morgan fingerprint density at radius 2 is 2.15 bits per heavy atom. The lowest BCUT2D eigenvalue weighted by Gasteiger charge is -2.01. The Labute approximate surface area is 155 Å². The molecule has 0 amide bonds. The lowest BCUT2D eigenvalue weighted by atomic mass is 10.1. The van der Waals surface area contributed by atoms with Crippen LogP contribution < -0.4 is 4.74 Å². The number of ether oxygens (including phenoxy) is 1. The maximum Gasteiger partial charge on any atom is 0.175 e. The van der Waals surface area contributed by atoms with Gasteiger partial charge in [0.15, 0.2) is 10.9 Å². The highest BCUT2D eigenvalue weighted by Crippen LogP contribution is 2.26. The number of Topliss-reactive ketones (excluding diaryl/α,β-unsaturated/α-hetero) is 1. The van der Waals surface area contributed by atoms with Crippen molar-refractivity contribution in [2.75, 3.05) is 12.9 Å². The summed E-state index contributed by atoms with van der Waals surface area (Å²) >= 11 is 1.41. The fourth-order valence-electron chi connectivity index (χ4n) is 3.11. The second kappa shape index (κ2) is 6.88. The number of imidazole rings is 1. The molecule has 0 atom stereocenters. The molecule has 0 unspecified atom stereocenters. The number of nitrogens with zero attached hydrogens (tertiary/aromatic N) is 1. The first kappa shape index (κ1) is 16.7. The van der Waals surface area contributed by atoms with Crippen molar-refractivity contribution >= 4 is 39.5 Å². The van der Waals surface area contributed by atoms with Crippen molar-refractivity contribution < 1.29 is 9.53 Å². The van der Waals surface area contributed by atoms with Crippen molar-refractivity contribution in [3.63, 3.8) is 0 Å². The number of thioether (sulfide) groups is 1. The molecule has 5 nitrogen and oxygen atoms in total. The molecule has 2 heterocycles. The van der Waals surface area contributed by atoms with E-state index in [2.05, 4.69) is 27.9 Å². The highest BCUT2D eigenvalue weighted by Gasteiger charge is 2.15. The molecule has 0 fully saturated rings. The molecule has 2 aromatic heterocycles. The standard InChI is InChI=1S/C20H19N3O2S/c1-3-12-5-4-6-14-15(10-21-19(12)14)18(24)11-26-20-22-16-8-7-13(25-2)9-17(16)23-20/h4-10,21H,3,11H2,1-2H3,(H,22,23). The van der Waals surface area contributed by atoms with E-state index < -0.39 is 0 Å². The van der Waals surface area contributed by atoms with Gasteiger partial charge in [-0.25, -0.2) is 4.98 Å². The van der Waals surface area contributed by atoms with Crippen LogP contribution in [0.3, 0.4) is 0 Å². The maximum atomic E-state index is 12.7. The van der Waals surface area contributed by atoms with E-state index in [1.807, 2.05) is 36.5 Å². The number of methoxy groups -OCH3 is 1. The summed E-state index contributed by atoms with van der Waals surface area (Å²) < 4.78 is 5.23. The minimum Gasteiger partial charge on any atom is -0.497 e. The second-order valence-corrected chi connectivity index (χ2v) is 7.00. The summed E-state index contributed by atoms with van der Waals surface area (Å²) in [6, 6.07) is 11.8. The molecule has 26 heavy (non-hydrogen) atoms. The predicted molar refractivity (Wildman–Crippen MR) is 105 cm³/mol. The zero-order valence-corrected chi connectivity index (χ0v) is 15.4. The number of fused-ring (bicyclic) bond motifs is 2. The first-order valence-electron chi connectivity index (χ1n) is 8.48. The predicted octanol–water partition coefficient (Wildman–Crippen LogP) is 4.59.